The maximum atomic E-state index is 11.3. The molecule has 1 amide bonds. The van der Waals surface area contributed by atoms with E-state index >= 15 is 0 Å². The first-order valence-corrected chi connectivity index (χ1v) is 4.64. The quantitative estimate of drug-likeness (QED) is 0.627. The molecule has 0 fully saturated rings. The van der Waals surface area contributed by atoms with Gasteiger partial charge in [-0.05, 0) is 12.8 Å². The van der Waals surface area contributed by atoms with Crippen molar-refractivity contribution in [2.45, 2.75) is 33.1 Å². The molecule has 0 unspecified atom stereocenters. The number of hydrogen-bond donors (Lipinski definition) is 2. The van der Waals surface area contributed by atoms with Crippen LogP contribution in [0.25, 0.3) is 0 Å². The smallest absolute Gasteiger partial charge is 0.223 e. The highest BCUT2D eigenvalue weighted by Crippen LogP contribution is 2.09. The summed E-state index contributed by atoms with van der Waals surface area (Å²) in [5.74, 6) is 0.204. The average Bonchev–Trinajstić information content (AvgIpc) is 2.10. The molecule has 72 valence electrons. The first-order chi connectivity index (χ1) is 5.76. The highest BCUT2D eigenvalue weighted by molar-refractivity contribution is 5.78. The number of nitrogens with one attached hydrogen (secondary N) is 1. The molecule has 0 saturated carbocycles. The van der Waals surface area contributed by atoms with Crippen LogP contribution in [0.1, 0.15) is 33.1 Å². The third kappa shape index (κ3) is 4.34. The van der Waals surface area contributed by atoms with Crippen LogP contribution >= 0.6 is 0 Å². The summed E-state index contributed by atoms with van der Waals surface area (Å²) in [5.41, 5.74) is 0. The maximum absolute atomic E-state index is 11.3. The van der Waals surface area contributed by atoms with E-state index in [1.807, 2.05) is 6.92 Å². The SMILES string of the molecule is CCC[C@H](CC)C(=O)NCCO. The Balaban J connectivity index is 3.69. The highest BCUT2D eigenvalue weighted by atomic mass is 16.3. The topological polar surface area (TPSA) is 49.3 Å². The van der Waals surface area contributed by atoms with Crippen molar-refractivity contribution in [3.63, 3.8) is 0 Å². The first-order valence-electron chi connectivity index (χ1n) is 4.64. The zero-order valence-corrected chi connectivity index (χ0v) is 7.97. The Morgan fingerprint density at radius 2 is 2.17 bits per heavy atom. The Morgan fingerprint density at radius 3 is 2.58 bits per heavy atom. The molecule has 0 aromatic rings. The van der Waals surface area contributed by atoms with E-state index in [-0.39, 0.29) is 18.4 Å². The van der Waals surface area contributed by atoms with E-state index in [9.17, 15) is 4.79 Å². The van der Waals surface area contributed by atoms with Crippen molar-refractivity contribution in [1.82, 2.24) is 5.32 Å². The fraction of sp³-hybridized carbons (Fsp3) is 0.889. The van der Waals surface area contributed by atoms with Crippen molar-refractivity contribution >= 4 is 5.91 Å². The third-order valence-electron chi connectivity index (χ3n) is 1.91. The standard InChI is InChI=1S/C9H19NO2/c1-3-5-8(4-2)9(12)10-6-7-11/h8,11H,3-7H2,1-2H3,(H,10,12)/t8-/m0/s1. The molecular formula is C9H19NO2. The van der Waals surface area contributed by atoms with Crippen LogP contribution in [-0.2, 0) is 4.79 Å². The second-order valence-corrected chi connectivity index (χ2v) is 2.91. The predicted molar refractivity (Wildman–Crippen MR) is 48.8 cm³/mol. The molecule has 0 heterocycles. The zero-order valence-electron chi connectivity index (χ0n) is 7.97. The number of carbonyl (C=O) groups is 1. The Morgan fingerprint density at radius 1 is 1.50 bits per heavy atom. The number of hydrogen-bond acceptors (Lipinski definition) is 2. The fourth-order valence-corrected chi connectivity index (χ4v) is 1.19. The summed E-state index contributed by atoms with van der Waals surface area (Å²) in [4.78, 5) is 11.3. The van der Waals surface area contributed by atoms with Crippen molar-refractivity contribution in [2.75, 3.05) is 13.2 Å². The summed E-state index contributed by atoms with van der Waals surface area (Å²) >= 11 is 0. The van der Waals surface area contributed by atoms with E-state index in [2.05, 4.69) is 12.2 Å². The predicted octanol–water partition coefficient (Wildman–Crippen LogP) is 0.921. The number of amides is 1. The zero-order chi connectivity index (χ0) is 9.40. The summed E-state index contributed by atoms with van der Waals surface area (Å²) in [6.07, 6.45) is 2.85. The molecule has 3 heteroatoms. The molecular weight excluding hydrogens is 154 g/mol. The minimum atomic E-state index is 0.0221. The lowest BCUT2D eigenvalue weighted by Gasteiger charge is -2.12. The van der Waals surface area contributed by atoms with E-state index in [4.69, 9.17) is 5.11 Å². The molecule has 0 radical (unpaired) electrons. The van der Waals surface area contributed by atoms with E-state index in [1.165, 1.54) is 0 Å². The molecule has 12 heavy (non-hydrogen) atoms. The number of aliphatic hydroxyl groups excluding tert-OH is 1. The molecule has 0 spiro atoms. The second kappa shape index (κ2) is 7.10. The summed E-state index contributed by atoms with van der Waals surface area (Å²) in [6, 6.07) is 0. The van der Waals surface area contributed by atoms with Gasteiger partial charge in [-0.2, -0.15) is 0 Å². The second-order valence-electron chi connectivity index (χ2n) is 2.91. The monoisotopic (exact) mass is 173 g/mol. The number of carbonyl (C=O) groups excluding carboxylic acids is 1. The van der Waals surface area contributed by atoms with Gasteiger partial charge in [-0.1, -0.05) is 20.3 Å². The van der Waals surface area contributed by atoms with Crippen molar-refractivity contribution in [3.05, 3.63) is 0 Å². The first kappa shape index (κ1) is 11.4. The van der Waals surface area contributed by atoms with E-state index < -0.39 is 0 Å². The van der Waals surface area contributed by atoms with Crippen LogP contribution in [0.2, 0.25) is 0 Å². The molecule has 1 atom stereocenters. The van der Waals surface area contributed by atoms with Crippen molar-refractivity contribution in [2.24, 2.45) is 5.92 Å². The van der Waals surface area contributed by atoms with Crippen LogP contribution in [0.3, 0.4) is 0 Å². The van der Waals surface area contributed by atoms with Crippen LogP contribution in [0.4, 0.5) is 0 Å². The number of aliphatic hydroxyl groups is 1. The van der Waals surface area contributed by atoms with Gasteiger partial charge in [0.2, 0.25) is 5.91 Å². The van der Waals surface area contributed by atoms with Gasteiger partial charge >= 0.3 is 0 Å². The van der Waals surface area contributed by atoms with Crippen molar-refractivity contribution < 1.29 is 9.90 Å². The van der Waals surface area contributed by atoms with E-state index in [0.717, 1.165) is 19.3 Å². The van der Waals surface area contributed by atoms with Crippen LogP contribution in [0.5, 0.6) is 0 Å². The minimum absolute atomic E-state index is 0.0221. The van der Waals surface area contributed by atoms with Crippen LogP contribution < -0.4 is 5.32 Å². The van der Waals surface area contributed by atoms with Crippen molar-refractivity contribution in [3.8, 4) is 0 Å². The van der Waals surface area contributed by atoms with Gasteiger partial charge < -0.3 is 10.4 Å². The van der Waals surface area contributed by atoms with Crippen LogP contribution in [-0.4, -0.2) is 24.2 Å². The summed E-state index contributed by atoms with van der Waals surface area (Å²) in [6.45, 7) is 4.48. The Kier molecular flexibility index (Phi) is 6.76. The van der Waals surface area contributed by atoms with Gasteiger partial charge in [0.1, 0.15) is 0 Å². The lowest BCUT2D eigenvalue weighted by molar-refractivity contribution is -0.125. The Hall–Kier alpha value is -0.570. The van der Waals surface area contributed by atoms with Crippen LogP contribution in [0.15, 0.2) is 0 Å². The molecule has 0 aliphatic carbocycles. The van der Waals surface area contributed by atoms with Gasteiger partial charge in [-0.3, -0.25) is 4.79 Å². The largest absolute Gasteiger partial charge is 0.395 e. The highest BCUT2D eigenvalue weighted by Gasteiger charge is 2.13. The minimum Gasteiger partial charge on any atom is -0.395 e. The lowest BCUT2D eigenvalue weighted by atomic mass is 10.00. The van der Waals surface area contributed by atoms with E-state index in [1.54, 1.807) is 0 Å². The molecule has 0 aromatic carbocycles. The van der Waals surface area contributed by atoms with Crippen LogP contribution in [0, 0.1) is 5.92 Å². The van der Waals surface area contributed by atoms with Gasteiger partial charge in [0.15, 0.2) is 0 Å². The maximum Gasteiger partial charge on any atom is 0.223 e. The fourth-order valence-electron chi connectivity index (χ4n) is 1.19. The lowest BCUT2D eigenvalue weighted by Crippen LogP contribution is -2.32. The van der Waals surface area contributed by atoms with Gasteiger partial charge in [0.05, 0.1) is 6.61 Å². The average molecular weight is 173 g/mol. The third-order valence-corrected chi connectivity index (χ3v) is 1.91. The molecule has 0 saturated heterocycles. The van der Waals surface area contributed by atoms with Gasteiger partial charge in [-0.15, -0.1) is 0 Å². The molecule has 0 aromatic heterocycles. The Labute approximate surface area is 74.2 Å². The van der Waals surface area contributed by atoms with Crippen molar-refractivity contribution in [1.29, 1.82) is 0 Å². The van der Waals surface area contributed by atoms with Gasteiger partial charge in [-0.25, -0.2) is 0 Å². The van der Waals surface area contributed by atoms with Gasteiger partial charge in [0, 0.05) is 12.5 Å². The molecule has 0 bridgehead atoms. The number of rotatable bonds is 6. The molecule has 0 aliphatic rings. The molecule has 0 aliphatic heterocycles. The summed E-state index contributed by atoms with van der Waals surface area (Å²) < 4.78 is 0. The molecule has 2 N–H and O–H groups in total. The summed E-state index contributed by atoms with van der Waals surface area (Å²) in [5, 5.41) is 11.2. The summed E-state index contributed by atoms with van der Waals surface area (Å²) in [7, 11) is 0. The van der Waals surface area contributed by atoms with Gasteiger partial charge in [0.25, 0.3) is 0 Å². The van der Waals surface area contributed by atoms with E-state index in [0.29, 0.717) is 6.54 Å². The molecule has 3 nitrogen and oxygen atoms in total. The molecule has 0 rings (SSSR count). The normalized spacial score (nSPS) is 12.6. The Bertz CT molecular complexity index is 126.